The molecule has 10 heavy (non-hydrogen) atoms. The summed E-state index contributed by atoms with van der Waals surface area (Å²) < 4.78 is 0. The molecular formula is C8H14Si2. The van der Waals surface area contributed by atoms with Gasteiger partial charge in [-0.05, 0) is 12.1 Å². The van der Waals surface area contributed by atoms with Crippen LogP contribution in [0.25, 0.3) is 0 Å². The Morgan fingerprint density at radius 2 is 1.40 bits per heavy atom. The Morgan fingerprint density at radius 3 is 1.70 bits per heavy atom. The highest BCUT2D eigenvalue weighted by Crippen LogP contribution is 1.77. The third-order valence-electron chi connectivity index (χ3n) is 1.07. The lowest BCUT2D eigenvalue weighted by atomic mass is 10.8. The van der Waals surface area contributed by atoms with Crippen molar-refractivity contribution in [2.24, 2.45) is 0 Å². The Kier molecular flexibility index (Phi) is 8.03. The molecule has 0 N–H and O–H groups in total. The van der Waals surface area contributed by atoms with Gasteiger partial charge in [0, 0.05) is 0 Å². The minimum atomic E-state index is -0.0954. The zero-order chi connectivity index (χ0) is 7.66. The van der Waals surface area contributed by atoms with Crippen LogP contribution in [0.15, 0.2) is 25.3 Å². The molecule has 0 heterocycles. The molecule has 0 aliphatic rings. The molecule has 0 amide bonds. The van der Waals surface area contributed by atoms with Crippen molar-refractivity contribution in [1.82, 2.24) is 0 Å². The quantitative estimate of drug-likeness (QED) is 0.246. The van der Waals surface area contributed by atoms with Crippen molar-refractivity contribution < 1.29 is 0 Å². The van der Waals surface area contributed by atoms with Gasteiger partial charge in [0.05, 0.1) is 0 Å². The number of hydrogen-bond donors (Lipinski definition) is 0. The van der Waals surface area contributed by atoms with E-state index >= 15 is 0 Å². The van der Waals surface area contributed by atoms with E-state index in [9.17, 15) is 0 Å². The van der Waals surface area contributed by atoms with Crippen LogP contribution >= 0.6 is 0 Å². The van der Waals surface area contributed by atoms with Crippen molar-refractivity contribution in [2.45, 2.75) is 12.1 Å². The normalized spacial score (nSPS) is 10.0. The van der Waals surface area contributed by atoms with Gasteiger partial charge in [0.2, 0.25) is 0 Å². The van der Waals surface area contributed by atoms with Crippen molar-refractivity contribution in [1.29, 1.82) is 0 Å². The first-order valence-corrected chi connectivity index (χ1v) is 7.00. The van der Waals surface area contributed by atoms with E-state index in [1.807, 2.05) is 12.2 Å². The van der Waals surface area contributed by atoms with Crippen molar-refractivity contribution in [3.63, 3.8) is 0 Å². The van der Waals surface area contributed by atoms with E-state index in [1.165, 1.54) is 0 Å². The fourth-order valence-corrected chi connectivity index (χ4v) is 2.64. The lowest BCUT2D eigenvalue weighted by Crippen LogP contribution is -1.84. The zero-order valence-corrected chi connectivity index (χ0v) is 9.23. The summed E-state index contributed by atoms with van der Waals surface area (Å²) in [6, 6.07) is 2.32. The number of hydrogen-bond acceptors (Lipinski definition) is 0. The van der Waals surface area contributed by atoms with Gasteiger partial charge in [0.15, 0.2) is 0 Å². The van der Waals surface area contributed by atoms with Gasteiger partial charge in [-0.3, -0.25) is 0 Å². The Bertz CT molecular complexity index is 134. The molecule has 0 spiro atoms. The van der Waals surface area contributed by atoms with Crippen LogP contribution in [0.5, 0.6) is 0 Å². The first kappa shape index (κ1) is 9.47. The van der Waals surface area contributed by atoms with Crippen LogP contribution in [-0.2, 0) is 0 Å². The highest BCUT2D eigenvalue weighted by molar-refractivity contribution is 6.53. The average Bonchev–Trinajstić information content (AvgIpc) is 1.97. The first-order valence-electron chi connectivity index (χ1n) is 3.59. The fourth-order valence-electron chi connectivity index (χ4n) is 0.525. The third kappa shape index (κ3) is 7.47. The largest absolute Gasteiger partial charge is 0.147 e. The predicted molar refractivity (Wildman–Crippen MR) is 54.9 cm³/mol. The van der Waals surface area contributed by atoms with Gasteiger partial charge in [-0.25, -0.2) is 0 Å². The second-order valence-corrected chi connectivity index (χ2v) is 4.87. The monoisotopic (exact) mass is 166 g/mol. The molecule has 0 rings (SSSR count). The first-order chi connectivity index (χ1) is 4.91. The van der Waals surface area contributed by atoms with E-state index in [4.69, 9.17) is 0 Å². The summed E-state index contributed by atoms with van der Waals surface area (Å²) in [6.45, 7) is 7.31. The Morgan fingerprint density at radius 1 is 1.00 bits per heavy atom. The average molecular weight is 166 g/mol. The molecule has 2 heteroatoms. The van der Waals surface area contributed by atoms with E-state index in [0.717, 1.165) is 12.1 Å². The van der Waals surface area contributed by atoms with Crippen molar-refractivity contribution in [3.05, 3.63) is 25.3 Å². The van der Waals surface area contributed by atoms with Crippen molar-refractivity contribution in [2.75, 3.05) is 0 Å². The molecule has 0 saturated heterocycles. The maximum atomic E-state index is 3.66. The van der Waals surface area contributed by atoms with Gasteiger partial charge >= 0.3 is 0 Å². The van der Waals surface area contributed by atoms with Gasteiger partial charge in [0.1, 0.15) is 19.0 Å². The van der Waals surface area contributed by atoms with Gasteiger partial charge in [0.25, 0.3) is 0 Å². The van der Waals surface area contributed by atoms with Crippen LogP contribution in [0.3, 0.4) is 0 Å². The summed E-state index contributed by atoms with van der Waals surface area (Å²) >= 11 is 0. The molecule has 0 aliphatic heterocycles. The standard InChI is InChI=1S/C8H14Si2/c1-3-5-9-7-8-10-6-4-2/h3-4H,1-2,5-6,9-10H2. The molecule has 0 nitrogen and oxygen atoms in total. The molecule has 0 aromatic rings. The Hall–Kier alpha value is -0.526. The molecule has 0 fully saturated rings. The van der Waals surface area contributed by atoms with E-state index in [-0.39, 0.29) is 19.0 Å². The summed E-state index contributed by atoms with van der Waals surface area (Å²) in [5, 5.41) is 0. The molecule has 0 unspecified atom stereocenters. The minimum Gasteiger partial charge on any atom is -0.147 e. The molecule has 54 valence electrons. The SMILES string of the molecule is C=CC[SiH2]C#C[SiH2]CC=C. The molecule has 0 aliphatic carbocycles. The van der Waals surface area contributed by atoms with E-state index in [1.54, 1.807) is 0 Å². The molecule has 0 bridgehead atoms. The Labute approximate surface area is 68.1 Å². The molecule has 0 radical (unpaired) electrons. The van der Waals surface area contributed by atoms with E-state index in [0.29, 0.717) is 0 Å². The van der Waals surface area contributed by atoms with E-state index < -0.39 is 0 Å². The summed E-state index contributed by atoms with van der Waals surface area (Å²) in [5.74, 6) is 0. The van der Waals surface area contributed by atoms with Crippen LogP contribution in [-0.4, -0.2) is 19.0 Å². The highest BCUT2D eigenvalue weighted by atomic mass is 28.2. The molecular weight excluding hydrogens is 152 g/mol. The van der Waals surface area contributed by atoms with Crippen LogP contribution < -0.4 is 0 Å². The minimum absolute atomic E-state index is 0.0954. The summed E-state index contributed by atoms with van der Waals surface area (Å²) in [7, 11) is -0.191. The van der Waals surface area contributed by atoms with Gasteiger partial charge in [-0.15, -0.1) is 24.2 Å². The maximum absolute atomic E-state index is 3.66. The fraction of sp³-hybridized carbons (Fsp3) is 0.250. The van der Waals surface area contributed by atoms with Gasteiger partial charge in [-0.1, -0.05) is 12.2 Å². The lowest BCUT2D eigenvalue weighted by molar-refractivity contribution is 1.73. The molecule has 0 aromatic heterocycles. The maximum Gasteiger partial charge on any atom is 0.109 e. The lowest BCUT2D eigenvalue weighted by Gasteiger charge is -1.79. The van der Waals surface area contributed by atoms with Crippen LogP contribution in [0.4, 0.5) is 0 Å². The predicted octanol–water partition coefficient (Wildman–Crippen LogP) is 0.451. The summed E-state index contributed by atoms with van der Waals surface area (Å²) in [5.41, 5.74) is 6.51. The highest BCUT2D eigenvalue weighted by Gasteiger charge is 1.75. The number of rotatable bonds is 4. The molecule has 0 aromatic carbocycles. The molecule has 0 saturated carbocycles. The smallest absolute Gasteiger partial charge is 0.109 e. The van der Waals surface area contributed by atoms with Gasteiger partial charge in [-0.2, -0.15) is 0 Å². The summed E-state index contributed by atoms with van der Waals surface area (Å²) in [6.07, 6.45) is 3.94. The third-order valence-corrected chi connectivity index (χ3v) is 3.97. The number of allylic oxidation sites excluding steroid dienone is 2. The van der Waals surface area contributed by atoms with Crippen LogP contribution in [0.2, 0.25) is 12.1 Å². The van der Waals surface area contributed by atoms with E-state index in [2.05, 4.69) is 24.2 Å². The zero-order valence-electron chi connectivity index (χ0n) is 6.40. The van der Waals surface area contributed by atoms with Crippen LogP contribution in [0, 0.1) is 11.1 Å². The Balaban J connectivity index is 3.13. The topological polar surface area (TPSA) is 0 Å². The summed E-state index contributed by atoms with van der Waals surface area (Å²) in [4.78, 5) is 0. The van der Waals surface area contributed by atoms with Crippen LogP contribution in [0.1, 0.15) is 0 Å². The van der Waals surface area contributed by atoms with Crippen molar-refractivity contribution >= 4 is 19.0 Å². The second kappa shape index (κ2) is 8.47. The van der Waals surface area contributed by atoms with Crippen molar-refractivity contribution in [3.8, 4) is 11.1 Å². The van der Waals surface area contributed by atoms with Gasteiger partial charge < -0.3 is 0 Å². The molecule has 0 atom stereocenters. The second-order valence-electron chi connectivity index (χ2n) is 2.01.